The van der Waals surface area contributed by atoms with E-state index < -0.39 is 0 Å². The van der Waals surface area contributed by atoms with E-state index >= 15 is 0 Å². The van der Waals surface area contributed by atoms with Gasteiger partial charge in [-0.3, -0.25) is 9.78 Å². The third-order valence-corrected chi connectivity index (χ3v) is 3.92. The quantitative estimate of drug-likeness (QED) is 0.935. The minimum atomic E-state index is 0.0352. The Morgan fingerprint density at radius 2 is 1.95 bits per heavy atom. The van der Waals surface area contributed by atoms with Crippen LogP contribution in [0, 0.1) is 5.92 Å². The molecule has 3 heterocycles. The fourth-order valence-electron chi connectivity index (χ4n) is 2.54. The number of piperidine rings is 1. The Balaban J connectivity index is 1.62. The molecule has 0 unspecified atom stereocenters. The Labute approximate surface area is 129 Å². The van der Waals surface area contributed by atoms with Crippen LogP contribution in [0.15, 0.2) is 36.8 Å². The van der Waals surface area contributed by atoms with Crippen molar-refractivity contribution in [2.24, 2.45) is 5.92 Å². The van der Waals surface area contributed by atoms with Gasteiger partial charge in [-0.15, -0.1) is 0 Å². The van der Waals surface area contributed by atoms with Gasteiger partial charge >= 0.3 is 0 Å². The second-order valence-corrected chi connectivity index (χ2v) is 5.57. The number of anilines is 1. The molecule has 3 rings (SSSR count). The van der Waals surface area contributed by atoms with E-state index in [0.717, 1.165) is 31.6 Å². The third-order valence-electron chi connectivity index (χ3n) is 3.92. The van der Waals surface area contributed by atoms with Crippen LogP contribution in [-0.4, -0.2) is 45.9 Å². The van der Waals surface area contributed by atoms with Crippen LogP contribution < -0.4 is 5.32 Å². The first-order chi connectivity index (χ1) is 10.7. The minimum absolute atomic E-state index is 0.0352. The average Bonchev–Trinajstić information content (AvgIpc) is 2.57. The van der Waals surface area contributed by atoms with Crippen LogP contribution in [0.1, 0.15) is 12.8 Å². The number of hydrogen-bond acceptors (Lipinski definition) is 5. The van der Waals surface area contributed by atoms with Gasteiger partial charge in [-0.2, -0.15) is 0 Å². The van der Waals surface area contributed by atoms with Crippen molar-refractivity contribution >= 4 is 11.7 Å². The molecule has 114 valence electrons. The fraction of sp³-hybridized carbons (Fsp3) is 0.375. The topological polar surface area (TPSA) is 71.0 Å². The van der Waals surface area contributed by atoms with Crippen LogP contribution in [0.4, 0.5) is 5.82 Å². The van der Waals surface area contributed by atoms with E-state index in [1.54, 1.807) is 18.6 Å². The first kappa shape index (κ1) is 14.6. The molecule has 0 spiro atoms. The maximum atomic E-state index is 12.2. The molecule has 0 aliphatic carbocycles. The molecule has 0 atom stereocenters. The maximum absolute atomic E-state index is 12.2. The van der Waals surface area contributed by atoms with Gasteiger partial charge in [-0.1, -0.05) is 6.07 Å². The van der Waals surface area contributed by atoms with Crippen LogP contribution in [0.25, 0.3) is 11.4 Å². The summed E-state index contributed by atoms with van der Waals surface area (Å²) in [6, 6.07) is 5.63. The Kier molecular flexibility index (Phi) is 4.39. The molecular weight excluding hydrogens is 278 g/mol. The molecule has 1 amide bonds. The zero-order valence-electron chi connectivity index (χ0n) is 12.6. The Morgan fingerprint density at radius 1 is 1.14 bits per heavy atom. The number of hydrogen-bond donors (Lipinski definition) is 1. The maximum Gasteiger partial charge on any atom is 0.228 e. The summed E-state index contributed by atoms with van der Waals surface area (Å²) < 4.78 is 0. The van der Waals surface area contributed by atoms with Gasteiger partial charge in [0.1, 0.15) is 5.69 Å². The van der Waals surface area contributed by atoms with Gasteiger partial charge in [0.25, 0.3) is 0 Å². The number of amides is 1. The minimum Gasteiger partial charge on any atom is -0.309 e. The highest BCUT2D eigenvalue weighted by atomic mass is 16.1. The number of nitrogens with zero attached hydrogens (tertiary/aromatic N) is 4. The molecule has 2 aromatic heterocycles. The van der Waals surface area contributed by atoms with Crippen LogP contribution in [-0.2, 0) is 4.79 Å². The van der Waals surface area contributed by atoms with Crippen molar-refractivity contribution in [2.75, 3.05) is 25.5 Å². The van der Waals surface area contributed by atoms with Gasteiger partial charge < -0.3 is 10.2 Å². The van der Waals surface area contributed by atoms with Crippen LogP contribution in [0.2, 0.25) is 0 Å². The van der Waals surface area contributed by atoms with E-state index in [4.69, 9.17) is 0 Å². The van der Waals surface area contributed by atoms with E-state index in [1.165, 1.54) is 0 Å². The van der Waals surface area contributed by atoms with E-state index in [0.29, 0.717) is 11.5 Å². The highest BCUT2D eigenvalue weighted by Gasteiger charge is 2.23. The first-order valence-electron chi connectivity index (χ1n) is 7.45. The van der Waals surface area contributed by atoms with Crippen molar-refractivity contribution in [1.29, 1.82) is 0 Å². The molecule has 22 heavy (non-hydrogen) atoms. The van der Waals surface area contributed by atoms with Crippen LogP contribution in [0.5, 0.6) is 0 Å². The number of carbonyl (C=O) groups excluding carboxylic acids is 1. The molecule has 6 nitrogen and oxygen atoms in total. The number of aromatic nitrogens is 3. The van der Waals surface area contributed by atoms with E-state index in [9.17, 15) is 4.79 Å². The normalized spacial score (nSPS) is 16.4. The molecular formula is C16H19N5O. The van der Waals surface area contributed by atoms with Gasteiger partial charge in [0.15, 0.2) is 5.82 Å². The number of likely N-dealkylation sites (tertiary alicyclic amines) is 1. The summed E-state index contributed by atoms with van der Waals surface area (Å²) in [6.07, 6.45) is 6.71. The standard InChI is InChI=1S/C16H19N5O/c1-21-8-5-12(6-9-21)16(22)20-15-11-18-14(10-19-15)13-4-2-3-7-17-13/h2-4,7,10-12H,5-6,8-9H2,1H3,(H,19,20,22). The van der Waals surface area contributed by atoms with Crippen molar-refractivity contribution in [3.63, 3.8) is 0 Å². The molecule has 1 aliphatic heterocycles. The summed E-state index contributed by atoms with van der Waals surface area (Å²) in [5.41, 5.74) is 1.46. The molecule has 2 aromatic rings. The number of nitrogens with one attached hydrogen (secondary N) is 1. The molecule has 0 radical (unpaired) electrons. The highest BCUT2D eigenvalue weighted by Crippen LogP contribution is 2.18. The smallest absolute Gasteiger partial charge is 0.228 e. The third kappa shape index (κ3) is 3.46. The molecule has 0 saturated carbocycles. The molecule has 1 aliphatic rings. The number of pyridine rings is 1. The zero-order chi connectivity index (χ0) is 15.4. The van der Waals surface area contributed by atoms with Gasteiger partial charge in [0, 0.05) is 12.1 Å². The molecule has 1 saturated heterocycles. The largest absolute Gasteiger partial charge is 0.309 e. The van der Waals surface area contributed by atoms with Crippen molar-refractivity contribution in [2.45, 2.75) is 12.8 Å². The SMILES string of the molecule is CN1CCC(C(=O)Nc2cnc(-c3ccccn3)cn2)CC1. The van der Waals surface area contributed by atoms with Crippen molar-refractivity contribution in [3.8, 4) is 11.4 Å². The Bertz CT molecular complexity index is 621. The summed E-state index contributed by atoms with van der Waals surface area (Å²) in [6.45, 7) is 1.92. The van der Waals surface area contributed by atoms with E-state index in [2.05, 4.69) is 32.2 Å². The lowest BCUT2D eigenvalue weighted by atomic mass is 9.96. The lowest BCUT2D eigenvalue weighted by Gasteiger charge is -2.27. The average molecular weight is 297 g/mol. The van der Waals surface area contributed by atoms with E-state index in [1.807, 2.05) is 18.2 Å². The van der Waals surface area contributed by atoms with Crippen LogP contribution in [0.3, 0.4) is 0 Å². The van der Waals surface area contributed by atoms with Gasteiger partial charge in [0.2, 0.25) is 5.91 Å². The summed E-state index contributed by atoms with van der Waals surface area (Å²) >= 11 is 0. The second-order valence-electron chi connectivity index (χ2n) is 5.57. The molecule has 0 aromatic carbocycles. The monoisotopic (exact) mass is 297 g/mol. The van der Waals surface area contributed by atoms with Crippen LogP contribution >= 0.6 is 0 Å². The fourth-order valence-corrected chi connectivity index (χ4v) is 2.54. The predicted octanol–water partition coefficient (Wildman–Crippen LogP) is 1.82. The Hall–Kier alpha value is -2.34. The highest BCUT2D eigenvalue weighted by molar-refractivity contribution is 5.91. The molecule has 1 fully saturated rings. The Morgan fingerprint density at radius 3 is 2.59 bits per heavy atom. The number of rotatable bonds is 3. The lowest BCUT2D eigenvalue weighted by Crippen LogP contribution is -2.36. The van der Waals surface area contributed by atoms with Crippen molar-refractivity contribution in [3.05, 3.63) is 36.8 Å². The summed E-state index contributed by atoms with van der Waals surface area (Å²) in [5, 5.41) is 2.85. The lowest BCUT2D eigenvalue weighted by molar-refractivity contribution is -0.121. The second kappa shape index (κ2) is 6.62. The van der Waals surface area contributed by atoms with Gasteiger partial charge in [-0.25, -0.2) is 9.97 Å². The molecule has 6 heteroatoms. The summed E-state index contributed by atoms with van der Waals surface area (Å²) in [5.74, 6) is 0.588. The number of carbonyl (C=O) groups is 1. The van der Waals surface area contributed by atoms with Gasteiger partial charge in [0.05, 0.1) is 18.1 Å². The predicted molar refractivity (Wildman–Crippen MR) is 84.1 cm³/mol. The molecule has 0 bridgehead atoms. The van der Waals surface area contributed by atoms with Crippen molar-refractivity contribution < 1.29 is 4.79 Å². The van der Waals surface area contributed by atoms with Crippen molar-refractivity contribution in [1.82, 2.24) is 19.9 Å². The molecule has 1 N–H and O–H groups in total. The summed E-state index contributed by atoms with van der Waals surface area (Å²) in [7, 11) is 2.08. The van der Waals surface area contributed by atoms with E-state index in [-0.39, 0.29) is 11.8 Å². The summed E-state index contributed by atoms with van der Waals surface area (Å²) in [4.78, 5) is 27.3. The first-order valence-corrected chi connectivity index (χ1v) is 7.45. The zero-order valence-corrected chi connectivity index (χ0v) is 12.6. The van der Waals surface area contributed by atoms with Gasteiger partial charge in [-0.05, 0) is 45.1 Å².